The van der Waals surface area contributed by atoms with Gasteiger partial charge in [-0.25, -0.2) is 0 Å². The number of fused-ring (bicyclic) bond motifs is 1. The highest BCUT2D eigenvalue weighted by Crippen LogP contribution is 2.37. The first-order valence-corrected chi connectivity index (χ1v) is 8.12. The van der Waals surface area contributed by atoms with Gasteiger partial charge in [0, 0.05) is 14.9 Å². The van der Waals surface area contributed by atoms with Crippen molar-refractivity contribution >= 4 is 50.9 Å². The largest absolute Gasteiger partial charge is 0.494 e. The molecule has 0 bridgehead atoms. The van der Waals surface area contributed by atoms with E-state index in [1.165, 1.54) is 0 Å². The molecular weight excluding hydrogens is 350 g/mol. The predicted octanol–water partition coefficient (Wildman–Crippen LogP) is 4.55. The monoisotopic (exact) mass is 366 g/mol. The van der Waals surface area contributed by atoms with Crippen molar-refractivity contribution in [3.63, 3.8) is 0 Å². The fourth-order valence-electron chi connectivity index (χ4n) is 2.47. The summed E-state index contributed by atoms with van der Waals surface area (Å²) in [6.07, 6.45) is 0. The van der Waals surface area contributed by atoms with Gasteiger partial charge in [-0.1, -0.05) is 45.7 Å². The highest BCUT2D eigenvalue weighted by molar-refractivity contribution is 9.10. The van der Waals surface area contributed by atoms with Crippen molar-refractivity contribution in [3.05, 3.63) is 39.8 Å². The van der Waals surface area contributed by atoms with Crippen LogP contribution in [0.5, 0.6) is 0 Å². The first kappa shape index (κ1) is 15.4. The Balaban J connectivity index is 2.07. The molecule has 5 heteroatoms. The van der Waals surface area contributed by atoms with Crippen LogP contribution in [0.3, 0.4) is 0 Å². The smallest absolute Gasteiger partial charge is 0.399 e. The lowest BCUT2D eigenvalue weighted by Gasteiger charge is -2.32. The molecule has 0 aromatic heterocycles. The van der Waals surface area contributed by atoms with Crippen LogP contribution < -0.4 is 5.46 Å². The fourth-order valence-corrected chi connectivity index (χ4v) is 3.57. The predicted molar refractivity (Wildman–Crippen MR) is 92.4 cm³/mol. The van der Waals surface area contributed by atoms with Gasteiger partial charge in [0.1, 0.15) is 0 Å². The van der Waals surface area contributed by atoms with Gasteiger partial charge in [-0.3, -0.25) is 0 Å². The van der Waals surface area contributed by atoms with E-state index in [2.05, 4.69) is 49.7 Å². The molecule has 0 spiro atoms. The molecular formula is C16H17BBrClO2. The highest BCUT2D eigenvalue weighted by atomic mass is 79.9. The van der Waals surface area contributed by atoms with Crippen LogP contribution in [-0.4, -0.2) is 18.3 Å². The molecule has 0 N–H and O–H groups in total. The normalized spacial score (nSPS) is 20.2. The quantitative estimate of drug-likeness (QED) is 0.688. The Morgan fingerprint density at radius 1 is 1.05 bits per heavy atom. The van der Waals surface area contributed by atoms with Crippen molar-refractivity contribution in [1.82, 2.24) is 0 Å². The standard InChI is InChI=1S/C16H17BBrClO2/c1-15(2)16(3,4)21-17(20-15)11-8-10-6-5-7-13(19)14(10)12(18)9-11/h5-9H,1-4H3. The molecule has 0 aliphatic carbocycles. The lowest BCUT2D eigenvalue weighted by Crippen LogP contribution is -2.41. The summed E-state index contributed by atoms with van der Waals surface area (Å²) in [5, 5.41) is 2.82. The summed E-state index contributed by atoms with van der Waals surface area (Å²) in [5.74, 6) is 0. The number of rotatable bonds is 1. The molecule has 3 rings (SSSR count). The number of hydrogen-bond donors (Lipinski definition) is 0. The summed E-state index contributed by atoms with van der Waals surface area (Å²) >= 11 is 9.88. The van der Waals surface area contributed by atoms with Crippen LogP contribution in [0.15, 0.2) is 34.8 Å². The van der Waals surface area contributed by atoms with E-state index in [1.807, 2.05) is 24.3 Å². The minimum absolute atomic E-state index is 0.340. The molecule has 21 heavy (non-hydrogen) atoms. The van der Waals surface area contributed by atoms with Gasteiger partial charge in [-0.2, -0.15) is 0 Å². The van der Waals surface area contributed by atoms with Crippen LogP contribution in [0, 0.1) is 0 Å². The zero-order chi connectivity index (χ0) is 15.4. The van der Waals surface area contributed by atoms with E-state index >= 15 is 0 Å². The third-order valence-electron chi connectivity index (χ3n) is 4.43. The van der Waals surface area contributed by atoms with Crippen LogP contribution in [0.4, 0.5) is 0 Å². The second kappa shape index (κ2) is 4.99. The van der Waals surface area contributed by atoms with E-state index in [0.29, 0.717) is 0 Å². The average molecular weight is 367 g/mol. The third kappa shape index (κ3) is 2.52. The van der Waals surface area contributed by atoms with Crippen LogP contribution >= 0.6 is 27.5 Å². The molecule has 0 amide bonds. The topological polar surface area (TPSA) is 18.5 Å². The van der Waals surface area contributed by atoms with Gasteiger partial charge >= 0.3 is 7.12 Å². The zero-order valence-corrected chi connectivity index (χ0v) is 14.9. The van der Waals surface area contributed by atoms with Crippen LogP contribution in [0.1, 0.15) is 27.7 Å². The lowest BCUT2D eigenvalue weighted by atomic mass is 9.78. The van der Waals surface area contributed by atoms with Gasteiger partial charge in [-0.05, 0) is 50.7 Å². The molecule has 1 heterocycles. The molecule has 1 aliphatic heterocycles. The van der Waals surface area contributed by atoms with E-state index in [-0.39, 0.29) is 18.3 Å². The van der Waals surface area contributed by atoms with Gasteiger partial charge in [0.15, 0.2) is 0 Å². The Kier molecular flexibility index (Phi) is 3.65. The first-order chi connectivity index (χ1) is 9.71. The summed E-state index contributed by atoms with van der Waals surface area (Å²) in [4.78, 5) is 0. The van der Waals surface area contributed by atoms with E-state index in [4.69, 9.17) is 20.9 Å². The Morgan fingerprint density at radius 3 is 2.29 bits per heavy atom. The fraction of sp³-hybridized carbons (Fsp3) is 0.375. The number of hydrogen-bond acceptors (Lipinski definition) is 2. The van der Waals surface area contributed by atoms with E-state index in [1.54, 1.807) is 0 Å². The van der Waals surface area contributed by atoms with Crippen molar-refractivity contribution in [2.45, 2.75) is 38.9 Å². The van der Waals surface area contributed by atoms with Gasteiger partial charge in [0.2, 0.25) is 0 Å². The highest BCUT2D eigenvalue weighted by Gasteiger charge is 2.51. The van der Waals surface area contributed by atoms with E-state index in [0.717, 1.165) is 25.7 Å². The van der Waals surface area contributed by atoms with Crippen LogP contribution in [0.25, 0.3) is 10.8 Å². The van der Waals surface area contributed by atoms with Gasteiger partial charge < -0.3 is 9.31 Å². The minimum Gasteiger partial charge on any atom is -0.399 e. The molecule has 1 fully saturated rings. The maximum atomic E-state index is 6.27. The van der Waals surface area contributed by atoms with Crippen LogP contribution in [0.2, 0.25) is 5.02 Å². The molecule has 1 aliphatic rings. The maximum Gasteiger partial charge on any atom is 0.494 e. The second-order valence-electron chi connectivity index (χ2n) is 6.43. The van der Waals surface area contributed by atoms with Crippen molar-refractivity contribution < 1.29 is 9.31 Å². The van der Waals surface area contributed by atoms with E-state index in [9.17, 15) is 0 Å². The van der Waals surface area contributed by atoms with Gasteiger partial charge in [-0.15, -0.1) is 0 Å². The SMILES string of the molecule is CC1(C)OB(c2cc(Br)c3c(Cl)cccc3c2)OC1(C)C. The minimum atomic E-state index is -0.366. The summed E-state index contributed by atoms with van der Waals surface area (Å²) in [6, 6.07) is 9.99. The molecule has 2 aromatic carbocycles. The van der Waals surface area contributed by atoms with Crippen LogP contribution in [-0.2, 0) is 9.31 Å². The van der Waals surface area contributed by atoms with Gasteiger partial charge in [0.25, 0.3) is 0 Å². The molecule has 110 valence electrons. The van der Waals surface area contributed by atoms with Crippen molar-refractivity contribution in [3.8, 4) is 0 Å². The molecule has 2 aromatic rings. The maximum absolute atomic E-state index is 6.27. The van der Waals surface area contributed by atoms with Crippen molar-refractivity contribution in [2.75, 3.05) is 0 Å². The van der Waals surface area contributed by atoms with Gasteiger partial charge in [0.05, 0.1) is 11.2 Å². The molecule has 2 nitrogen and oxygen atoms in total. The van der Waals surface area contributed by atoms with E-state index < -0.39 is 0 Å². The van der Waals surface area contributed by atoms with Crippen molar-refractivity contribution in [1.29, 1.82) is 0 Å². The lowest BCUT2D eigenvalue weighted by molar-refractivity contribution is 0.00578. The summed E-state index contributed by atoms with van der Waals surface area (Å²) in [7, 11) is -0.366. The molecule has 0 atom stereocenters. The molecule has 0 radical (unpaired) electrons. The first-order valence-electron chi connectivity index (χ1n) is 6.95. The molecule has 0 saturated carbocycles. The summed E-state index contributed by atoms with van der Waals surface area (Å²) < 4.78 is 13.2. The summed E-state index contributed by atoms with van der Waals surface area (Å²) in [6.45, 7) is 8.22. The Morgan fingerprint density at radius 2 is 1.67 bits per heavy atom. The number of halogens is 2. The number of benzene rings is 2. The Hall–Kier alpha value is -0.545. The molecule has 1 saturated heterocycles. The summed E-state index contributed by atoms with van der Waals surface area (Å²) in [5.41, 5.74) is 0.316. The second-order valence-corrected chi connectivity index (χ2v) is 7.69. The Labute approximate surface area is 139 Å². The molecule has 0 unspecified atom stereocenters. The average Bonchev–Trinajstić information content (AvgIpc) is 2.58. The Bertz CT molecular complexity index is 699. The zero-order valence-electron chi connectivity index (χ0n) is 12.5. The van der Waals surface area contributed by atoms with Crippen molar-refractivity contribution in [2.24, 2.45) is 0 Å². The third-order valence-corrected chi connectivity index (χ3v) is 5.37.